The number of benzene rings is 1. The smallest absolute Gasteiger partial charge is 0.248 e. The quantitative estimate of drug-likeness (QED) is 0.881. The molecule has 0 radical (unpaired) electrons. The summed E-state index contributed by atoms with van der Waals surface area (Å²) in [5.74, 6) is -0.407. The number of carbonyl (C=O) groups is 1. The number of rotatable bonds is 4. The Morgan fingerprint density at radius 3 is 2.74 bits per heavy atom. The number of hydrogen-bond donors (Lipinski definition) is 2. The van der Waals surface area contributed by atoms with Crippen LogP contribution in [0.5, 0.6) is 0 Å². The third kappa shape index (κ3) is 3.31. The van der Waals surface area contributed by atoms with Gasteiger partial charge in [-0.3, -0.25) is 9.78 Å². The average molecular weight is 255 g/mol. The summed E-state index contributed by atoms with van der Waals surface area (Å²) in [6.45, 7) is 4.56. The molecule has 1 aromatic carbocycles. The number of aryl methyl sites for hydroxylation is 2. The van der Waals surface area contributed by atoms with Crippen molar-refractivity contribution in [3.63, 3.8) is 0 Å². The summed E-state index contributed by atoms with van der Waals surface area (Å²) in [5, 5.41) is 3.31. The molecule has 0 unspecified atom stereocenters. The van der Waals surface area contributed by atoms with Crippen LogP contribution in [0.4, 0.5) is 5.69 Å². The van der Waals surface area contributed by atoms with Gasteiger partial charge in [0.1, 0.15) is 0 Å². The predicted octanol–water partition coefficient (Wildman–Crippen LogP) is 2.41. The first-order valence-corrected chi connectivity index (χ1v) is 6.13. The number of pyridine rings is 1. The fourth-order valence-electron chi connectivity index (χ4n) is 1.91. The summed E-state index contributed by atoms with van der Waals surface area (Å²) >= 11 is 0. The van der Waals surface area contributed by atoms with E-state index < -0.39 is 5.91 Å². The van der Waals surface area contributed by atoms with E-state index >= 15 is 0 Å². The largest absolute Gasteiger partial charge is 0.380 e. The monoisotopic (exact) mass is 255 g/mol. The van der Waals surface area contributed by atoms with Gasteiger partial charge in [0.2, 0.25) is 5.91 Å². The van der Waals surface area contributed by atoms with Crippen LogP contribution in [0.25, 0.3) is 0 Å². The van der Waals surface area contributed by atoms with E-state index in [1.54, 1.807) is 12.1 Å². The van der Waals surface area contributed by atoms with Crippen molar-refractivity contribution in [2.45, 2.75) is 20.4 Å². The zero-order valence-corrected chi connectivity index (χ0v) is 11.1. The van der Waals surface area contributed by atoms with Crippen LogP contribution in [0.3, 0.4) is 0 Å². The molecule has 0 atom stereocenters. The number of primary amides is 1. The fourth-order valence-corrected chi connectivity index (χ4v) is 1.91. The molecule has 2 rings (SSSR count). The Hall–Kier alpha value is -2.36. The molecule has 0 spiro atoms. The van der Waals surface area contributed by atoms with Crippen molar-refractivity contribution in [3.05, 3.63) is 58.9 Å². The molecule has 3 N–H and O–H groups in total. The molecule has 1 aromatic heterocycles. The van der Waals surface area contributed by atoms with Crippen molar-refractivity contribution < 1.29 is 4.79 Å². The first kappa shape index (κ1) is 13.1. The van der Waals surface area contributed by atoms with Crippen molar-refractivity contribution in [2.24, 2.45) is 5.73 Å². The van der Waals surface area contributed by atoms with Gasteiger partial charge in [0.15, 0.2) is 0 Å². The maximum atomic E-state index is 11.1. The van der Waals surface area contributed by atoms with Gasteiger partial charge in [-0.05, 0) is 43.7 Å². The third-order valence-electron chi connectivity index (χ3n) is 2.92. The molecule has 0 saturated carbocycles. The first-order chi connectivity index (χ1) is 9.06. The highest BCUT2D eigenvalue weighted by Gasteiger charge is 2.03. The second kappa shape index (κ2) is 5.52. The van der Waals surface area contributed by atoms with Crippen LogP contribution in [0, 0.1) is 13.8 Å². The number of amides is 1. The molecule has 0 aliphatic carbocycles. The molecule has 98 valence electrons. The summed E-state index contributed by atoms with van der Waals surface area (Å²) in [7, 11) is 0. The average Bonchev–Trinajstić information content (AvgIpc) is 2.38. The molecule has 0 aliphatic rings. The lowest BCUT2D eigenvalue weighted by Crippen LogP contribution is -2.11. The number of nitrogens with zero attached hydrogens (tertiary/aromatic N) is 1. The van der Waals surface area contributed by atoms with E-state index in [0.29, 0.717) is 12.1 Å². The van der Waals surface area contributed by atoms with E-state index in [9.17, 15) is 4.79 Å². The molecule has 1 amide bonds. The molecule has 19 heavy (non-hydrogen) atoms. The Bertz CT molecular complexity index is 608. The summed E-state index contributed by atoms with van der Waals surface area (Å²) in [4.78, 5) is 15.5. The number of hydrogen-bond acceptors (Lipinski definition) is 3. The number of nitrogens with two attached hydrogens (primary N) is 1. The number of aromatic nitrogens is 1. The van der Waals surface area contributed by atoms with Gasteiger partial charge in [0.05, 0.1) is 11.4 Å². The molecule has 0 saturated heterocycles. The van der Waals surface area contributed by atoms with Crippen molar-refractivity contribution in [1.82, 2.24) is 4.98 Å². The first-order valence-electron chi connectivity index (χ1n) is 6.13. The van der Waals surface area contributed by atoms with E-state index in [2.05, 4.69) is 10.3 Å². The summed E-state index contributed by atoms with van der Waals surface area (Å²) in [5.41, 5.74) is 9.76. The van der Waals surface area contributed by atoms with Crippen molar-refractivity contribution in [2.75, 3.05) is 5.32 Å². The minimum Gasteiger partial charge on any atom is -0.380 e. The second-order valence-electron chi connectivity index (χ2n) is 4.50. The Labute approximate surface area is 112 Å². The summed E-state index contributed by atoms with van der Waals surface area (Å²) < 4.78 is 0. The Morgan fingerprint density at radius 1 is 1.26 bits per heavy atom. The molecular weight excluding hydrogens is 238 g/mol. The van der Waals surface area contributed by atoms with Gasteiger partial charge >= 0.3 is 0 Å². The molecule has 2 aromatic rings. The van der Waals surface area contributed by atoms with Crippen LogP contribution in [-0.2, 0) is 6.54 Å². The molecule has 1 heterocycles. The van der Waals surface area contributed by atoms with E-state index in [4.69, 9.17) is 5.73 Å². The highest BCUT2D eigenvalue weighted by Crippen LogP contribution is 2.14. The lowest BCUT2D eigenvalue weighted by Gasteiger charge is -2.10. The topological polar surface area (TPSA) is 68.0 Å². The maximum Gasteiger partial charge on any atom is 0.248 e. The molecule has 0 fully saturated rings. The van der Waals surface area contributed by atoms with Crippen molar-refractivity contribution in [3.8, 4) is 0 Å². The highest BCUT2D eigenvalue weighted by molar-refractivity contribution is 5.92. The standard InChI is InChI=1S/C15H17N3O/c1-10-6-7-14(11(2)18-10)17-9-12-4-3-5-13(8-12)15(16)19/h3-8,17H,9H2,1-2H3,(H2,16,19). The lowest BCUT2D eigenvalue weighted by molar-refractivity contribution is 0.1000. The number of carbonyl (C=O) groups excluding carboxylic acids is 1. The zero-order valence-electron chi connectivity index (χ0n) is 11.1. The third-order valence-corrected chi connectivity index (χ3v) is 2.92. The molecule has 0 aliphatic heterocycles. The van der Waals surface area contributed by atoms with E-state index in [1.165, 1.54) is 0 Å². The maximum absolute atomic E-state index is 11.1. The molecule has 4 nitrogen and oxygen atoms in total. The Morgan fingerprint density at radius 2 is 2.05 bits per heavy atom. The van der Waals surface area contributed by atoms with Gasteiger partial charge in [0, 0.05) is 17.8 Å². The van der Waals surface area contributed by atoms with Crippen molar-refractivity contribution in [1.29, 1.82) is 0 Å². The zero-order chi connectivity index (χ0) is 13.8. The number of nitrogens with one attached hydrogen (secondary N) is 1. The Balaban J connectivity index is 2.10. The van der Waals surface area contributed by atoms with Crippen molar-refractivity contribution >= 4 is 11.6 Å². The van der Waals surface area contributed by atoms with Crippen LogP contribution in [0.2, 0.25) is 0 Å². The van der Waals surface area contributed by atoms with Gasteiger partial charge in [-0.1, -0.05) is 12.1 Å². The normalized spacial score (nSPS) is 10.2. The van der Waals surface area contributed by atoms with E-state index in [0.717, 1.165) is 22.6 Å². The lowest BCUT2D eigenvalue weighted by atomic mass is 10.1. The van der Waals surface area contributed by atoms with Crippen LogP contribution in [0.15, 0.2) is 36.4 Å². The van der Waals surface area contributed by atoms with E-state index in [1.807, 2.05) is 38.1 Å². The van der Waals surface area contributed by atoms with Crippen LogP contribution >= 0.6 is 0 Å². The van der Waals surface area contributed by atoms with E-state index in [-0.39, 0.29) is 0 Å². The predicted molar refractivity (Wildman–Crippen MR) is 76.0 cm³/mol. The van der Waals surface area contributed by atoms with Gasteiger partial charge in [-0.15, -0.1) is 0 Å². The minimum atomic E-state index is -0.407. The minimum absolute atomic E-state index is 0.407. The summed E-state index contributed by atoms with van der Waals surface area (Å²) in [6.07, 6.45) is 0. The van der Waals surface area contributed by atoms with Crippen LogP contribution in [0.1, 0.15) is 27.3 Å². The second-order valence-corrected chi connectivity index (χ2v) is 4.50. The number of anilines is 1. The molecule has 0 bridgehead atoms. The van der Waals surface area contributed by atoms with Gasteiger partial charge < -0.3 is 11.1 Å². The van der Waals surface area contributed by atoms with Crippen LogP contribution in [-0.4, -0.2) is 10.9 Å². The van der Waals surface area contributed by atoms with Gasteiger partial charge in [0.25, 0.3) is 0 Å². The SMILES string of the molecule is Cc1ccc(NCc2cccc(C(N)=O)c2)c(C)n1. The molecule has 4 heteroatoms. The molecular formula is C15H17N3O. The van der Waals surface area contributed by atoms with Gasteiger partial charge in [-0.25, -0.2) is 0 Å². The van der Waals surface area contributed by atoms with Crippen LogP contribution < -0.4 is 11.1 Å². The van der Waals surface area contributed by atoms with Gasteiger partial charge in [-0.2, -0.15) is 0 Å². The Kier molecular flexibility index (Phi) is 3.80. The highest BCUT2D eigenvalue weighted by atomic mass is 16.1. The summed E-state index contributed by atoms with van der Waals surface area (Å²) in [6, 6.07) is 11.3. The fraction of sp³-hybridized carbons (Fsp3) is 0.200.